The van der Waals surface area contributed by atoms with Gasteiger partial charge in [0.2, 0.25) is 5.90 Å². The Morgan fingerprint density at radius 1 is 1.33 bits per heavy atom. The first kappa shape index (κ1) is 11.4. The number of carbonyl (C=O) groups excluding carboxylic acids is 1. The maximum atomic E-state index is 11.7. The van der Waals surface area contributed by atoms with E-state index in [1.807, 2.05) is 36.6 Å². The van der Waals surface area contributed by atoms with E-state index in [1.165, 1.54) is 16.2 Å². The van der Waals surface area contributed by atoms with Gasteiger partial charge >= 0.3 is 5.97 Å². The van der Waals surface area contributed by atoms with E-state index in [4.69, 9.17) is 4.74 Å². The molecule has 0 atom stereocenters. The lowest BCUT2D eigenvalue weighted by atomic mass is 10.3. The minimum Gasteiger partial charge on any atom is -0.401 e. The van der Waals surface area contributed by atoms with Gasteiger partial charge in [0.1, 0.15) is 0 Å². The van der Waals surface area contributed by atoms with Crippen LogP contribution in [-0.2, 0) is 9.53 Å². The van der Waals surface area contributed by atoms with Crippen molar-refractivity contribution in [3.63, 3.8) is 0 Å². The number of aliphatic imine (C=N–C) groups is 1. The van der Waals surface area contributed by atoms with E-state index in [9.17, 15) is 4.79 Å². The molecule has 0 saturated carbocycles. The van der Waals surface area contributed by atoms with Crippen molar-refractivity contribution in [3.05, 3.63) is 50.0 Å². The molecule has 0 saturated heterocycles. The second-order valence-electron chi connectivity index (χ2n) is 3.76. The Labute approximate surface area is 112 Å². The van der Waals surface area contributed by atoms with Crippen molar-refractivity contribution in [1.29, 1.82) is 0 Å². The molecule has 5 heteroatoms. The summed E-state index contributed by atoms with van der Waals surface area (Å²) in [5.41, 5.74) is 0.361. The number of nitrogens with zero attached hydrogens (tertiary/aromatic N) is 1. The fourth-order valence-electron chi connectivity index (χ4n) is 1.58. The van der Waals surface area contributed by atoms with Crippen molar-refractivity contribution in [2.24, 2.45) is 4.99 Å². The number of hydrogen-bond acceptors (Lipinski definition) is 5. The van der Waals surface area contributed by atoms with Crippen molar-refractivity contribution in [2.75, 3.05) is 0 Å². The van der Waals surface area contributed by atoms with Gasteiger partial charge in [0.15, 0.2) is 5.70 Å². The first-order valence-electron chi connectivity index (χ1n) is 5.35. The molecule has 2 aromatic heterocycles. The summed E-state index contributed by atoms with van der Waals surface area (Å²) in [5, 5.41) is 1.93. The highest BCUT2D eigenvalue weighted by molar-refractivity contribution is 7.13. The topological polar surface area (TPSA) is 38.7 Å². The third kappa shape index (κ3) is 2.14. The van der Waals surface area contributed by atoms with Crippen molar-refractivity contribution in [2.45, 2.75) is 6.92 Å². The van der Waals surface area contributed by atoms with Gasteiger partial charge in [0.05, 0.1) is 4.88 Å². The standard InChI is InChI=1S/C13H9NO2S2/c1-8-4-5-9(18-8)7-10-13(15)16-12(14-10)11-3-2-6-17-11/h2-7H,1H3. The second-order valence-corrected chi connectivity index (χ2v) is 6.03. The van der Waals surface area contributed by atoms with Crippen LogP contribution in [0.1, 0.15) is 14.6 Å². The SMILES string of the molecule is Cc1ccc(C=C2N=C(c3cccs3)OC2=O)s1. The molecule has 1 aliphatic heterocycles. The van der Waals surface area contributed by atoms with Gasteiger partial charge in [-0.3, -0.25) is 0 Å². The molecule has 0 aromatic carbocycles. The second kappa shape index (κ2) is 4.51. The molecule has 0 bridgehead atoms. The van der Waals surface area contributed by atoms with Gasteiger partial charge in [-0.1, -0.05) is 6.07 Å². The monoisotopic (exact) mass is 275 g/mol. The molecular weight excluding hydrogens is 266 g/mol. The molecular formula is C13H9NO2S2. The lowest BCUT2D eigenvalue weighted by Crippen LogP contribution is -2.03. The Morgan fingerprint density at radius 3 is 2.89 bits per heavy atom. The quantitative estimate of drug-likeness (QED) is 0.622. The predicted molar refractivity (Wildman–Crippen MR) is 74.0 cm³/mol. The van der Waals surface area contributed by atoms with Crippen LogP contribution in [0.4, 0.5) is 0 Å². The molecule has 0 N–H and O–H groups in total. The number of ether oxygens (including phenoxy) is 1. The van der Waals surface area contributed by atoms with E-state index >= 15 is 0 Å². The highest BCUT2D eigenvalue weighted by atomic mass is 32.1. The lowest BCUT2D eigenvalue weighted by molar-refractivity contribution is -0.129. The molecule has 3 heterocycles. The van der Waals surface area contributed by atoms with Crippen molar-refractivity contribution in [1.82, 2.24) is 0 Å². The molecule has 18 heavy (non-hydrogen) atoms. The van der Waals surface area contributed by atoms with Crippen LogP contribution in [-0.4, -0.2) is 11.9 Å². The summed E-state index contributed by atoms with van der Waals surface area (Å²) in [6.45, 7) is 2.03. The minimum absolute atomic E-state index is 0.361. The van der Waals surface area contributed by atoms with E-state index in [2.05, 4.69) is 4.99 Å². The van der Waals surface area contributed by atoms with Crippen LogP contribution in [0.2, 0.25) is 0 Å². The van der Waals surface area contributed by atoms with Crippen LogP contribution in [0.15, 0.2) is 40.3 Å². The first-order chi connectivity index (χ1) is 8.72. The molecule has 1 aliphatic rings. The van der Waals surface area contributed by atoms with E-state index < -0.39 is 0 Å². The zero-order valence-corrected chi connectivity index (χ0v) is 11.2. The number of carbonyl (C=O) groups is 1. The zero-order chi connectivity index (χ0) is 12.5. The fraction of sp³-hybridized carbons (Fsp3) is 0.0769. The predicted octanol–water partition coefficient (Wildman–Crippen LogP) is 3.46. The van der Waals surface area contributed by atoms with E-state index in [0.29, 0.717) is 11.6 Å². The number of hydrogen-bond donors (Lipinski definition) is 0. The molecule has 0 radical (unpaired) electrons. The van der Waals surface area contributed by atoms with Crippen molar-refractivity contribution in [3.8, 4) is 0 Å². The van der Waals surface area contributed by atoms with Crippen LogP contribution in [0.5, 0.6) is 0 Å². The average molecular weight is 275 g/mol. The highest BCUT2D eigenvalue weighted by Crippen LogP contribution is 2.24. The smallest absolute Gasteiger partial charge is 0.363 e. The van der Waals surface area contributed by atoms with Crippen LogP contribution >= 0.6 is 22.7 Å². The molecule has 0 amide bonds. The van der Waals surface area contributed by atoms with E-state index in [-0.39, 0.29) is 5.97 Å². The number of esters is 1. The van der Waals surface area contributed by atoms with Gasteiger partial charge in [-0.2, -0.15) is 0 Å². The van der Waals surface area contributed by atoms with Gasteiger partial charge in [0, 0.05) is 9.75 Å². The van der Waals surface area contributed by atoms with Gasteiger partial charge in [0.25, 0.3) is 0 Å². The number of rotatable bonds is 2. The van der Waals surface area contributed by atoms with Crippen molar-refractivity contribution >= 4 is 40.6 Å². The number of thiophene rings is 2. The summed E-state index contributed by atoms with van der Waals surface area (Å²) < 4.78 is 5.16. The number of aryl methyl sites for hydroxylation is 1. The summed E-state index contributed by atoms with van der Waals surface area (Å²) >= 11 is 3.13. The third-order valence-corrected chi connectivity index (χ3v) is 4.20. The maximum Gasteiger partial charge on any atom is 0.363 e. The first-order valence-corrected chi connectivity index (χ1v) is 7.05. The molecule has 0 aliphatic carbocycles. The molecule has 0 unspecified atom stereocenters. The summed E-state index contributed by atoms with van der Waals surface area (Å²) in [6.07, 6.45) is 1.76. The maximum absolute atomic E-state index is 11.7. The van der Waals surface area contributed by atoms with Crippen LogP contribution < -0.4 is 0 Å². The number of cyclic esters (lactones) is 1. The Kier molecular flexibility index (Phi) is 2.85. The molecule has 3 nitrogen and oxygen atoms in total. The van der Waals surface area contributed by atoms with Gasteiger partial charge < -0.3 is 4.74 Å². The van der Waals surface area contributed by atoms with Gasteiger partial charge in [-0.25, -0.2) is 9.79 Å². The van der Waals surface area contributed by atoms with Crippen LogP contribution in [0.3, 0.4) is 0 Å². The highest BCUT2D eigenvalue weighted by Gasteiger charge is 2.24. The van der Waals surface area contributed by atoms with Crippen LogP contribution in [0, 0.1) is 6.92 Å². The van der Waals surface area contributed by atoms with Crippen LogP contribution in [0.25, 0.3) is 6.08 Å². The van der Waals surface area contributed by atoms with Crippen molar-refractivity contribution < 1.29 is 9.53 Å². The summed E-state index contributed by atoms with van der Waals surface area (Å²) in [5.74, 6) is 0.0129. The molecule has 2 aromatic rings. The molecule has 90 valence electrons. The van der Waals surface area contributed by atoms with E-state index in [1.54, 1.807) is 17.4 Å². The summed E-state index contributed by atoms with van der Waals surface area (Å²) in [4.78, 5) is 19.0. The lowest BCUT2D eigenvalue weighted by Gasteiger charge is -1.92. The largest absolute Gasteiger partial charge is 0.401 e. The normalized spacial score (nSPS) is 17.1. The Hall–Kier alpha value is -1.72. The Bertz CT molecular complexity index is 650. The van der Waals surface area contributed by atoms with E-state index in [0.717, 1.165) is 9.75 Å². The average Bonchev–Trinajstić information content (AvgIpc) is 3.02. The summed E-state index contributed by atoms with van der Waals surface area (Å²) in [6, 6.07) is 7.77. The van der Waals surface area contributed by atoms with Gasteiger partial charge in [-0.05, 0) is 36.6 Å². The Morgan fingerprint density at radius 2 is 2.22 bits per heavy atom. The molecule has 0 spiro atoms. The zero-order valence-electron chi connectivity index (χ0n) is 9.54. The Balaban J connectivity index is 1.94. The summed E-state index contributed by atoms with van der Waals surface area (Å²) in [7, 11) is 0. The van der Waals surface area contributed by atoms with Gasteiger partial charge in [-0.15, -0.1) is 22.7 Å². The fourth-order valence-corrected chi connectivity index (χ4v) is 3.04. The molecule has 0 fully saturated rings. The minimum atomic E-state index is -0.385. The molecule has 3 rings (SSSR count). The third-order valence-electron chi connectivity index (χ3n) is 2.39.